The van der Waals surface area contributed by atoms with Gasteiger partial charge in [0, 0.05) is 29.6 Å². The Morgan fingerprint density at radius 2 is 1.72 bits per heavy atom. The number of rotatable bonds is 13. The third kappa shape index (κ3) is 7.94. The second-order valence-electron chi connectivity index (χ2n) is 11.2. The summed E-state index contributed by atoms with van der Waals surface area (Å²) >= 11 is 0. The van der Waals surface area contributed by atoms with Crippen LogP contribution in [0.4, 0.5) is 27.6 Å². The third-order valence-corrected chi connectivity index (χ3v) is 9.49. The Balaban J connectivity index is 1.42. The standard InChI is InChI=1S/C31H32F5N3O6S/c32-30(33)44-17-22-13-24(45-23-8-3-19(4-9-23)31(34,35)36)15-39(22)21-7-12-26(29(37)41)27(14-21)28(16-40)18-1-10-25(11-2-18)46(42,43)38-20-5-6-20/h1-4,7-12,14,20,22,24,28,30,38,40H,5-6,13,15-17H2,(H2,37,41)/t22-,24-,28+/m0/s1. The van der Waals surface area contributed by atoms with E-state index in [9.17, 15) is 40.3 Å². The van der Waals surface area contributed by atoms with Gasteiger partial charge >= 0.3 is 12.8 Å². The Kier molecular flexibility index (Phi) is 9.86. The molecular formula is C31H32F5N3O6S. The molecule has 1 saturated heterocycles. The summed E-state index contributed by atoms with van der Waals surface area (Å²) in [5.74, 6) is -1.43. The first-order chi connectivity index (χ1) is 21.7. The molecule has 0 aromatic heterocycles. The molecule has 3 atom stereocenters. The first-order valence-electron chi connectivity index (χ1n) is 14.4. The molecule has 0 bridgehead atoms. The number of carbonyl (C=O) groups is 1. The monoisotopic (exact) mass is 669 g/mol. The second kappa shape index (κ2) is 13.5. The smallest absolute Gasteiger partial charge is 0.416 e. The van der Waals surface area contributed by atoms with Crippen LogP contribution in [0.25, 0.3) is 0 Å². The maximum atomic E-state index is 13.0. The Labute approximate surface area is 262 Å². The molecule has 0 radical (unpaired) electrons. The number of hydrogen-bond donors (Lipinski definition) is 3. The highest BCUT2D eigenvalue weighted by Gasteiger charge is 2.36. The SMILES string of the molecule is NC(=O)c1ccc(N2C[C@@H](Oc3ccc(C(F)(F)F)cc3)C[C@H]2COC(F)F)cc1[C@H](CO)c1ccc(S(=O)(=O)NC2CC2)cc1. The van der Waals surface area contributed by atoms with E-state index in [-0.39, 0.29) is 35.2 Å². The molecule has 1 saturated carbocycles. The van der Waals surface area contributed by atoms with Crippen LogP contribution in [0.15, 0.2) is 71.6 Å². The molecule has 248 valence electrons. The van der Waals surface area contributed by atoms with Crippen molar-refractivity contribution in [3.8, 4) is 5.75 Å². The highest BCUT2D eigenvalue weighted by Crippen LogP contribution is 2.36. The predicted octanol–water partition coefficient (Wildman–Crippen LogP) is 4.63. The van der Waals surface area contributed by atoms with Crippen molar-refractivity contribution in [3.63, 3.8) is 0 Å². The van der Waals surface area contributed by atoms with Crippen molar-refractivity contribution in [1.29, 1.82) is 0 Å². The molecule has 1 heterocycles. The fraction of sp³-hybridized carbons (Fsp3) is 0.387. The molecule has 0 unspecified atom stereocenters. The Bertz CT molecular complexity index is 1630. The molecule has 2 fully saturated rings. The van der Waals surface area contributed by atoms with Crippen LogP contribution in [0.2, 0.25) is 0 Å². The van der Waals surface area contributed by atoms with Gasteiger partial charge in [0.25, 0.3) is 0 Å². The quantitative estimate of drug-likeness (QED) is 0.226. The lowest BCUT2D eigenvalue weighted by Crippen LogP contribution is -2.34. The van der Waals surface area contributed by atoms with Gasteiger partial charge in [0.2, 0.25) is 15.9 Å². The summed E-state index contributed by atoms with van der Waals surface area (Å²) in [6, 6.07) is 13.9. The van der Waals surface area contributed by atoms with Crippen molar-refractivity contribution in [2.24, 2.45) is 5.73 Å². The van der Waals surface area contributed by atoms with Crippen molar-refractivity contribution in [2.45, 2.75) is 61.1 Å². The van der Waals surface area contributed by atoms with E-state index in [1.807, 2.05) is 0 Å². The number of alkyl halides is 5. The fourth-order valence-electron chi connectivity index (χ4n) is 5.52. The minimum atomic E-state index is -4.52. The van der Waals surface area contributed by atoms with Crippen molar-refractivity contribution >= 4 is 21.6 Å². The van der Waals surface area contributed by atoms with Crippen molar-refractivity contribution in [1.82, 2.24) is 4.72 Å². The lowest BCUT2D eigenvalue weighted by atomic mass is 9.88. The van der Waals surface area contributed by atoms with Gasteiger partial charge in [-0.05, 0) is 78.6 Å². The fourth-order valence-corrected chi connectivity index (χ4v) is 6.83. The number of aliphatic hydroxyl groups is 1. The lowest BCUT2D eigenvalue weighted by Gasteiger charge is -2.28. The lowest BCUT2D eigenvalue weighted by molar-refractivity contribution is -0.137. The molecule has 1 amide bonds. The van der Waals surface area contributed by atoms with Gasteiger partial charge in [0.15, 0.2) is 0 Å². The minimum Gasteiger partial charge on any atom is -0.489 e. The zero-order chi connectivity index (χ0) is 33.2. The van der Waals surface area contributed by atoms with E-state index < -0.39 is 65.6 Å². The average Bonchev–Trinajstić information content (AvgIpc) is 3.72. The zero-order valence-electron chi connectivity index (χ0n) is 24.3. The molecule has 0 spiro atoms. The summed E-state index contributed by atoms with van der Waals surface area (Å²) in [5, 5.41) is 10.4. The molecule has 3 aromatic rings. The van der Waals surface area contributed by atoms with Crippen LogP contribution in [-0.4, -0.2) is 64.0 Å². The molecule has 2 aliphatic rings. The van der Waals surface area contributed by atoms with Crippen LogP contribution in [0, 0.1) is 0 Å². The maximum absolute atomic E-state index is 13.0. The van der Waals surface area contributed by atoms with Crippen LogP contribution < -0.4 is 20.1 Å². The number of anilines is 1. The van der Waals surface area contributed by atoms with Crippen LogP contribution in [0.3, 0.4) is 0 Å². The van der Waals surface area contributed by atoms with E-state index in [0.29, 0.717) is 16.8 Å². The van der Waals surface area contributed by atoms with Gasteiger partial charge in [-0.3, -0.25) is 4.79 Å². The number of benzene rings is 3. The van der Waals surface area contributed by atoms with E-state index in [1.165, 1.54) is 42.5 Å². The van der Waals surface area contributed by atoms with Gasteiger partial charge < -0.3 is 25.2 Å². The number of nitrogens with two attached hydrogens (primary N) is 1. The van der Waals surface area contributed by atoms with E-state index in [2.05, 4.69) is 9.46 Å². The number of aliphatic hydroxyl groups excluding tert-OH is 1. The first-order valence-corrected chi connectivity index (χ1v) is 15.9. The molecule has 1 aliphatic heterocycles. The highest BCUT2D eigenvalue weighted by atomic mass is 32.2. The van der Waals surface area contributed by atoms with E-state index in [0.717, 1.165) is 25.0 Å². The van der Waals surface area contributed by atoms with Gasteiger partial charge in [-0.25, -0.2) is 13.1 Å². The number of primary amides is 1. The van der Waals surface area contributed by atoms with Gasteiger partial charge in [0.1, 0.15) is 11.9 Å². The Morgan fingerprint density at radius 3 is 2.28 bits per heavy atom. The van der Waals surface area contributed by atoms with Crippen LogP contribution in [0.1, 0.15) is 52.2 Å². The summed E-state index contributed by atoms with van der Waals surface area (Å²) in [6.07, 6.45) is -3.41. The van der Waals surface area contributed by atoms with Gasteiger partial charge in [-0.2, -0.15) is 22.0 Å². The van der Waals surface area contributed by atoms with Gasteiger partial charge in [-0.15, -0.1) is 0 Å². The molecule has 1 aliphatic carbocycles. The van der Waals surface area contributed by atoms with Gasteiger partial charge in [0.05, 0.1) is 36.3 Å². The highest BCUT2D eigenvalue weighted by molar-refractivity contribution is 7.89. The first kappa shape index (κ1) is 33.6. The summed E-state index contributed by atoms with van der Waals surface area (Å²) in [5.41, 5.74) is 6.19. The zero-order valence-corrected chi connectivity index (χ0v) is 25.1. The summed E-state index contributed by atoms with van der Waals surface area (Å²) < 4.78 is 103. The normalized spacial score (nSPS) is 19.4. The van der Waals surface area contributed by atoms with Crippen LogP contribution in [0.5, 0.6) is 5.75 Å². The molecule has 3 aromatic carbocycles. The largest absolute Gasteiger partial charge is 0.489 e. The van der Waals surface area contributed by atoms with Crippen LogP contribution in [-0.2, 0) is 20.9 Å². The van der Waals surface area contributed by atoms with Crippen LogP contribution >= 0.6 is 0 Å². The Hall–Kier alpha value is -3.79. The second-order valence-corrected chi connectivity index (χ2v) is 12.9. The molecule has 5 rings (SSSR count). The summed E-state index contributed by atoms with van der Waals surface area (Å²) in [4.78, 5) is 14.2. The summed E-state index contributed by atoms with van der Waals surface area (Å²) in [6.45, 7) is -3.79. The minimum absolute atomic E-state index is 0.0433. The third-order valence-electron chi connectivity index (χ3n) is 7.96. The molecule has 9 nitrogen and oxygen atoms in total. The number of sulfonamides is 1. The predicted molar refractivity (Wildman–Crippen MR) is 157 cm³/mol. The number of carbonyl (C=O) groups excluding carboxylic acids is 1. The molecule has 46 heavy (non-hydrogen) atoms. The molecule has 4 N–H and O–H groups in total. The topological polar surface area (TPSA) is 131 Å². The number of halogens is 5. The van der Waals surface area contributed by atoms with E-state index in [1.54, 1.807) is 17.0 Å². The van der Waals surface area contributed by atoms with Crippen molar-refractivity contribution in [2.75, 3.05) is 24.7 Å². The molecular weight excluding hydrogens is 637 g/mol. The molecule has 15 heteroatoms. The Morgan fingerprint density at radius 1 is 1.04 bits per heavy atom. The number of nitrogens with zero attached hydrogens (tertiary/aromatic N) is 1. The number of nitrogens with one attached hydrogen (secondary N) is 1. The maximum Gasteiger partial charge on any atom is 0.416 e. The van der Waals surface area contributed by atoms with E-state index >= 15 is 0 Å². The number of hydrogen-bond acceptors (Lipinski definition) is 7. The number of amides is 1. The summed E-state index contributed by atoms with van der Waals surface area (Å²) in [7, 11) is -3.73. The van der Waals surface area contributed by atoms with E-state index in [4.69, 9.17) is 10.5 Å². The number of ether oxygens (including phenoxy) is 2. The van der Waals surface area contributed by atoms with Crippen molar-refractivity contribution in [3.05, 3.63) is 89.0 Å². The van der Waals surface area contributed by atoms with Gasteiger partial charge in [-0.1, -0.05) is 12.1 Å². The van der Waals surface area contributed by atoms with Crippen molar-refractivity contribution < 1.29 is 49.7 Å². The average molecular weight is 670 g/mol.